The second-order valence-corrected chi connectivity index (χ2v) is 8.34. The van der Waals surface area contributed by atoms with E-state index in [1.54, 1.807) is 13.8 Å². The molecule has 34 heavy (non-hydrogen) atoms. The standard InChI is InChI=1S/C22H33N5O7/c1-11(2)18(27-20(31)15(23)8-9-17(24)29)21(32)25-12(3)19(30)26-16(22(33)34)10-13-4-6-14(28)7-5-13/h4-7,11-12,15-16,18,28H,8-10,23H2,1-3H3,(H2,24,29)(H,25,32)(H,26,30)(H,27,31)(H,33,34). The highest BCUT2D eigenvalue weighted by atomic mass is 16.4. The summed E-state index contributed by atoms with van der Waals surface area (Å²) in [6.45, 7) is 4.75. The van der Waals surface area contributed by atoms with Gasteiger partial charge in [-0.15, -0.1) is 0 Å². The third kappa shape index (κ3) is 9.45. The average molecular weight is 480 g/mol. The molecule has 12 heteroatoms. The van der Waals surface area contributed by atoms with E-state index in [-0.39, 0.29) is 30.9 Å². The zero-order chi connectivity index (χ0) is 26.0. The molecule has 188 valence electrons. The van der Waals surface area contributed by atoms with E-state index >= 15 is 0 Å². The van der Waals surface area contributed by atoms with E-state index in [9.17, 15) is 34.2 Å². The number of carboxylic acids is 1. The van der Waals surface area contributed by atoms with E-state index in [4.69, 9.17) is 11.5 Å². The van der Waals surface area contributed by atoms with Gasteiger partial charge in [0.15, 0.2) is 0 Å². The van der Waals surface area contributed by atoms with E-state index in [0.29, 0.717) is 5.56 Å². The van der Waals surface area contributed by atoms with Crippen LogP contribution in [0.2, 0.25) is 0 Å². The average Bonchev–Trinajstić information content (AvgIpc) is 2.75. The van der Waals surface area contributed by atoms with Gasteiger partial charge in [-0.05, 0) is 37.0 Å². The molecule has 0 aliphatic carbocycles. The molecule has 4 unspecified atom stereocenters. The number of hydrogen-bond acceptors (Lipinski definition) is 7. The van der Waals surface area contributed by atoms with Crippen LogP contribution >= 0.6 is 0 Å². The maximum Gasteiger partial charge on any atom is 0.326 e. The summed E-state index contributed by atoms with van der Waals surface area (Å²) in [6, 6.07) is 1.45. The molecule has 1 rings (SSSR count). The fourth-order valence-corrected chi connectivity index (χ4v) is 2.96. The van der Waals surface area contributed by atoms with Gasteiger partial charge in [0.1, 0.15) is 23.9 Å². The van der Waals surface area contributed by atoms with E-state index in [0.717, 1.165) is 0 Å². The van der Waals surface area contributed by atoms with Gasteiger partial charge in [-0.1, -0.05) is 26.0 Å². The molecule has 0 aliphatic rings. The minimum atomic E-state index is -1.27. The number of aromatic hydroxyl groups is 1. The number of aliphatic carboxylic acids is 1. The van der Waals surface area contributed by atoms with Gasteiger partial charge in [-0.3, -0.25) is 19.2 Å². The summed E-state index contributed by atoms with van der Waals surface area (Å²) in [7, 11) is 0. The van der Waals surface area contributed by atoms with Gasteiger partial charge >= 0.3 is 5.97 Å². The first-order chi connectivity index (χ1) is 15.8. The van der Waals surface area contributed by atoms with Crippen LogP contribution in [0.3, 0.4) is 0 Å². The third-order valence-electron chi connectivity index (χ3n) is 5.03. The number of carbonyl (C=O) groups is 5. The lowest BCUT2D eigenvalue weighted by atomic mass is 10.0. The van der Waals surface area contributed by atoms with Gasteiger partial charge in [0.2, 0.25) is 23.6 Å². The summed E-state index contributed by atoms with van der Waals surface area (Å²) in [5.74, 6) is -4.24. The Balaban J connectivity index is 2.74. The van der Waals surface area contributed by atoms with E-state index in [1.165, 1.54) is 31.2 Å². The van der Waals surface area contributed by atoms with Crippen molar-refractivity contribution in [3.05, 3.63) is 29.8 Å². The predicted molar refractivity (Wildman–Crippen MR) is 122 cm³/mol. The summed E-state index contributed by atoms with van der Waals surface area (Å²) < 4.78 is 0. The third-order valence-corrected chi connectivity index (χ3v) is 5.03. The van der Waals surface area contributed by atoms with Crippen LogP contribution in [0, 0.1) is 5.92 Å². The first-order valence-electron chi connectivity index (χ1n) is 10.8. The number of phenols is 1. The molecule has 4 amide bonds. The number of phenolic OH excluding ortho intramolecular Hbond substituents is 1. The molecule has 0 saturated heterocycles. The van der Waals surface area contributed by atoms with Crippen molar-refractivity contribution in [1.29, 1.82) is 0 Å². The van der Waals surface area contributed by atoms with Gasteiger partial charge in [0, 0.05) is 12.8 Å². The molecule has 1 aromatic rings. The first-order valence-corrected chi connectivity index (χ1v) is 10.8. The minimum Gasteiger partial charge on any atom is -0.508 e. The second kappa shape index (κ2) is 13.1. The van der Waals surface area contributed by atoms with Gasteiger partial charge in [-0.2, -0.15) is 0 Å². The molecule has 0 saturated carbocycles. The van der Waals surface area contributed by atoms with Crippen molar-refractivity contribution >= 4 is 29.6 Å². The van der Waals surface area contributed by atoms with Gasteiger partial charge in [0.25, 0.3) is 0 Å². The lowest BCUT2D eigenvalue weighted by molar-refractivity contribution is -0.142. The maximum absolute atomic E-state index is 12.7. The Bertz CT molecular complexity index is 888. The molecule has 1 aromatic carbocycles. The van der Waals surface area contributed by atoms with E-state index < -0.39 is 53.8 Å². The summed E-state index contributed by atoms with van der Waals surface area (Å²) in [5.41, 5.74) is 11.4. The number of rotatable bonds is 13. The second-order valence-electron chi connectivity index (χ2n) is 8.34. The smallest absolute Gasteiger partial charge is 0.326 e. The number of carboxylic acid groups (broad SMARTS) is 1. The summed E-state index contributed by atoms with van der Waals surface area (Å²) >= 11 is 0. The fraction of sp³-hybridized carbons (Fsp3) is 0.500. The topological polar surface area (TPSA) is 214 Å². The van der Waals surface area contributed by atoms with Crippen LogP contribution in [-0.4, -0.2) is 64.0 Å². The van der Waals surface area contributed by atoms with Crippen LogP contribution in [0.4, 0.5) is 0 Å². The molecule has 0 aromatic heterocycles. The van der Waals surface area contributed by atoms with E-state index in [2.05, 4.69) is 16.0 Å². The highest BCUT2D eigenvalue weighted by molar-refractivity contribution is 5.94. The molecule has 4 atom stereocenters. The Kier molecular flexibility index (Phi) is 11.0. The van der Waals surface area contributed by atoms with Crippen molar-refractivity contribution in [1.82, 2.24) is 16.0 Å². The van der Waals surface area contributed by atoms with Crippen LogP contribution in [0.15, 0.2) is 24.3 Å². The van der Waals surface area contributed by atoms with Crippen molar-refractivity contribution in [2.24, 2.45) is 17.4 Å². The van der Waals surface area contributed by atoms with Gasteiger partial charge in [-0.25, -0.2) is 4.79 Å². The molecular weight excluding hydrogens is 446 g/mol. The molecular formula is C22H33N5O7. The zero-order valence-electron chi connectivity index (χ0n) is 19.4. The SMILES string of the molecule is CC(NC(=O)C(NC(=O)C(N)CCC(N)=O)C(C)C)C(=O)NC(Cc1ccc(O)cc1)C(=O)O. The number of primary amides is 1. The first kappa shape index (κ1) is 28.4. The minimum absolute atomic E-state index is 0.0179. The van der Waals surface area contributed by atoms with Crippen molar-refractivity contribution in [3.63, 3.8) is 0 Å². The lowest BCUT2D eigenvalue weighted by Crippen LogP contribution is -2.57. The highest BCUT2D eigenvalue weighted by Crippen LogP contribution is 2.12. The Morgan fingerprint density at radius 1 is 0.912 bits per heavy atom. The van der Waals surface area contributed by atoms with Crippen molar-refractivity contribution in [3.8, 4) is 5.75 Å². The van der Waals surface area contributed by atoms with Crippen LogP contribution in [0.5, 0.6) is 5.75 Å². The molecule has 0 aliphatic heterocycles. The van der Waals surface area contributed by atoms with E-state index in [1.807, 2.05) is 0 Å². The maximum atomic E-state index is 12.7. The molecule has 0 heterocycles. The normalized spacial score (nSPS) is 14.4. The van der Waals surface area contributed by atoms with Crippen LogP contribution in [-0.2, 0) is 30.4 Å². The Morgan fingerprint density at radius 2 is 1.50 bits per heavy atom. The number of benzene rings is 1. The highest BCUT2D eigenvalue weighted by Gasteiger charge is 2.30. The molecule has 0 fully saturated rings. The lowest BCUT2D eigenvalue weighted by Gasteiger charge is -2.25. The molecule has 12 nitrogen and oxygen atoms in total. The Hall–Kier alpha value is -3.67. The van der Waals surface area contributed by atoms with Crippen LogP contribution < -0.4 is 27.4 Å². The number of carbonyl (C=O) groups excluding carboxylic acids is 4. The quantitative estimate of drug-likeness (QED) is 0.181. The monoisotopic (exact) mass is 479 g/mol. The molecule has 9 N–H and O–H groups in total. The largest absolute Gasteiger partial charge is 0.508 e. The number of hydrogen-bond donors (Lipinski definition) is 7. The zero-order valence-corrected chi connectivity index (χ0v) is 19.4. The predicted octanol–water partition coefficient (Wildman–Crippen LogP) is -1.26. The molecule has 0 bridgehead atoms. The van der Waals surface area contributed by atoms with Crippen LogP contribution in [0.25, 0.3) is 0 Å². The number of nitrogens with one attached hydrogen (secondary N) is 3. The Labute approximate surface area is 197 Å². The number of amides is 4. The summed E-state index contributed by atoms with van der Waals surface area (Å²) in [6.07, 6.45) is -0.0981. The van der Waals surface area contributed by atoms with Crippen LogP contribution in [0.1, 0.15) is 39.2 Å². The van der Waals surface area contributed by atoms with Crippen molar-refractivity contribution in [2.75, 3.05) is 0 Å². The summed E-state index contributed by atoms with van der Waals surface area (Å²) in [4.78, 5) is 60.0. The van der Waals surface area contributed by atoms with Gasteiger partial charge in [0.05, 0.1) is 6.04 Å². The molecule has 0 radical (unpaired) electrons. The van der Waals surface area contributed by atoms with Crippen molar-refractivity contribution < 1.29 is 34.2 Å². The Morgan fingerprint density at radius 3 is 2.00 bits per heavy atom. The molecule has 0 spiro atoms. The van der Waals surface area contributed by atoms with Gasteiger partial charge < -0.3 is 37.6 Å². The van der Waals surface area contributed by atoms with Crippen molar-refractivity contribution in [2.45, 2.75) is 64.2 Å². The summed E-state index contributed by atoms with van der Waals surface area (Å²) in [5, 5.41) is 26.1. The fourth-order valence-electron chi connectivity index (χ4n) is 2.96. The number of nitrogens with two attached hydrogens (primary N) is 2.